The van der Waals surface area contributed by atoms with E-state index in [1.807, 2.05) is 30.3 Å². The zero-order valence-electron chi connectivity index (χ0n) is 10.8. The van der Waals surface area contributed by atoms with Crippen LogP contribution in [0.2, 0.25) is 0 Å². The lowest BCUT2D eigenvalue weighted by Crippen LogP contribution is -2.07. The second kappa shape index (κ2) is 6.86. The fourth-order valence-electron chi connectivity index (χ4n) is 1.59. The summed E-state index contributed by atoms with van der Waals surface area (Å²) in [5.41, 5.74) is 0.982. The highest BCUT2D eigenvalue weighted by atomic mass is 32.2. The van der Waals surface area contributed by atoms with E-state index in [2.05, 4.69) is 5.16 Å². The SMILES string of the molecule is O=S(=O)(CC=NOCc1ccccc1)c1ccccc1. The molecule has 0 aliphatic carbocycles. The molecule has 0 spiro atoms. The molecule has 104 valence electrons. The lowest BCUT2D eigenvalue weighted by molar-refractivity contribution is 0.132. The van der Waals surface area contributed by atoms with Gasteiger partial charge in [0, 0.05) is 0 Å². The Morgan fingerprint density at radius 3 is 2.20 bits per heavy atom. The van der Waals surface area contributed by atoms with Gasteiger partial charge in [-0.15, -0.1) is 0 Å². The van der Waals surface area contributed by atoms with Crippen molar-refractivity contribution in [2.75, 3.05) is 5.75 Å². The monoisotopic (exact) mass is 289 g/mol. The molecule has 0 aliphatic heterocycles. The van der Waals surface area contributed by atoms with E-state index in [9.17, 15) is 8.42 Å². The molecule has 0 radical (unpaired) electrons. The number of nitrogens with zero attached hydrogens (tertiary/aromatic N) is 1. The molecule has 0 aliphatic rings. The maximum atomic E-state index is 11.9. The number of hydrogen-bond acceptors (Lipinski definition) is 4. The van der Waals surface area contributed by atoms with Gasteiger partial charge >= 0.3 is 0 Å². The van der Waals surface area contributed by atoms with Gasteiger partial charge in [0.15, 0.2) is 9.84 Å². The number of hydrogen-bond donors (Lipinski definition) is 0. The zero-order chi connectivity index (χ0) is 14.3. The van der Waals surface area contributed by atoms with Crippen molar-refractivity contribution in [2.45, 2.75) is 11.5 Å². The van der Waals surface area contributed by atoms with Crippen molar-refractivity contribution in [2.24, 2.45) is 5.16 Å². The molecule has 5 heteroatoms. The molecular formula is C15H15NO3S. The van der Waals surface area contributed by atoms with E-state index >= 15 is 0 Å². The number of oxime groups is 1. The normalized spacial score (nSPS) is 11.6. The van der Waals surface area contributed by atoms with Gasteiger partial charge in [-0.2, -0.15) is 0 Å². The molecule has 0 amide bonds. The molecule has 0 heterocycles. The quantitative estimate of drug-likeness (QED) is 0.607. The van der Waals surface area contributed by atoms with E-state index in [4.69, 9.17) is 4.84 Å². The smallest absolute Gasteiger partial charge is 0.183 e. The Hall–Kier alpha value is -2.14. The van der Waals surface area contributed by atoms with Gasteiger partial charge in [-0.25, -0.2) is 8.42 Å². The first-order valence-corrected chi connectivity index (χ1v) is 7.79. The van der Waals surface area contributed by atoms with Crippen LogP contribution in [0.1, 0.15) is 5.56 Å². The zero-order valence-corrected chi connectivity index (χ0v) is 11.7. The first-order valence-electron chi connectivity index (χ1n) is 6.14. The minimum atomic E-state index is -3.33. The third-order valence-corrected chi connectivity index (χ3v) is 4.20. The van der Waals surface area contributed by atoms with Crippen LogP contribution in [0.15, 0.2) is 70.7 Å². The Balaban J connectivity index is 1.84. The van der Waals surface area contributed by atoms with Crippen LogP contribution in [0.3, 0.4) is 0 Å². The largest absolute Gasteiger partial charge is 0.391 e. The Morgan fingerprint density at radius 2 is 1.55 bits per heavy atom. The second-order valence-electron chi connectivity index (χ2n) is 4.14. The predicted molar refractivity (Wildman–Crippen MR) is 78.2 cm³/mol. The van der Waals surface area contributed by atoms with Crippen LogP contribution in [0, 0.1) is 0 Å². The predicted octanol–water partition coefficient (Wildman–Crippen LogP) is 2.66. The molecule has 0 fully saturated rings. The summed E-state index contributed by atoms with van der Waals surface area (Å²) >= 11 is 0. The number of benzene rings is 2. The van der Waals surface area contributed by atoms with E-state index in [1.54, 1.807) is 30.3 Å². The van der Waals surface area contributed by atoms with E-state index < -0.39 is 9.84 Å². The fourth-order valence-corrected chi connectivity index (χ4v) is 2.61. The minimum absolute atomic E-state index is 0.175. The Morgan fingerprint density at radius 1 is 0.950 bits per heavy atom. The molecular weight excluding hydrogens is 274 g/mol. The van der Waals surface area contributed by atoms with Crippen LogP contribution >= 0.6 is 0 Å². The van der Waals surface area contributed by atoms with Crippen LogP contribution in [-0.2, 0) is 21.3 Å². The summed E-state index contributed by atoms with van der Waals surface area (Å²) in [4.78, 5) is 5.34. The molecule has 2 rings (SSSR count). The summed E-state index contributed by atoms with van der Waals surface area (Å²) in [7, 11) is -3.33. The van der Waals surface area contributed by atoms with Gasteiger partial charge in [0.25, 0.3) is 0 Å². The van der Waals surface area contributed by atoms with Crippen LogP contribution in [0.5, 0.6) is 0 Å². The lowest BCUT2D eigenvalue weighted by Gasteiger charge is -2.01. The van der Waals surface area contributed by atoms with E-state index in [0.717, 1.165) is 5.56 Å². The molecule has 0 saturated carbocycles. The summed E-state index contributed by atoms with van der Waals surface area (Å²) in [5.74, 6) is -0.175. The number of rotatable bonds is 6. The molecule has 0 bridgehead atoms. The maximum absolute atomic E-state index is 11.9. The Kier molecular flexibility index (Phi) is 4.90. The van der Waals surface area contributed by atoms with E-state index in [-0.39, 0.29) is 10.6 Å². The fraction of sp³-hybridized carbons (Fsp3) is 0.133. The van der Waals surface area contributed by atoms with Gasteiger partial charge in [0.1, 0.15) is 6.61 Å². The van der Waals surface area contributed by atoms with Crippen LogP contribution in [0.25, 0.3) is 0 Å². The highest BCUT2D eigenvalue weighted by molar-refractivity contribution is 7.92. The van der Waals surface area contributed by atoms with Crippen molar-refractivity contribution in [3.63, 3.8) is 0 Å². The summed E-state index contributed by atoms with van der Waals surface area (Å²) in [5, 5.41) is 3.67. The van der Waals surface area contributed by atoms with Gasteiger partial charge < -0.3 is 4.84 Å². The van der Waals surface area contributed by atoms with Crippen molar-refractivity contribution in [1.82, 2.24) is 0 Å². The lowest BCUT2D eigenvalue weighted by atomic mass is 10.2. The molecule has 0 saturated heterocycles. The first kappa shape index (κ1) is 14.3. The summed E-state index contributed by atoms with van der Waals surface area (Å²) in [6.45, 7) is 0.322. The molecule has 2 aromatic carbocycles. The highest BCUT2D eigenvalue weighted by Crippen LogP contribution is 2.09. The molecule has 0 N–H and O–H groups in total. The van der Waals surface area contributed by atoms with Crippen molar-refractivity contribution in [3.05, 3.63) is 66.2 Å². The number of sulfone groups is 1. The third kappa shape index (κ3) is 4.20. The standard InChI is InChI=1S/C15H15NO3S/c17-20(18,15-9-5-2-6-10-15)12-11-16-19-13-14-7-3-1-4-8-14/h1-11H,12-13H2. The van der Waals surface area contributed by atoms with Crippen LogP contribution in [-0.4, -0.2) is 20.4 Å². The van der Waals surface area contributed by atoms with Crippen molar-refractivity contribution in [1.29, 1.82) is 0 Å². The molecule has 20 heavy (non-hydrogen) atoms. The first-order chi connectivity index (χ1) is 9.68. The van der Waals surface area contributed by atoms with Gasteiger partial charge in [0.2, 0.25) is 0 Å². The topological polar surface area (TPSA) is 55.7 Å². The van der Waals surface area contributed by atoms with Gasteiger partial charge in [0.05, 0.1) is 16.9 Å². The Labute approximate surface area is 118 Å². The summed E-state index contributed by atoms with van der Waals surface area (Å²) in [6.07, 6.45) is 1.27. The van der Waals surface area contributed by atoms with Crippen LogP contribution in [0.4, 0.5) is 0 Å². The van der Waals surface area contributed by atoms with Crippen molar-refractivity contribution in [3.8, 4) is 0 Å². The molecule has 0 aromatic heterocycles. The second-order valence-corrected chi connectivity index (χ2v) is 6.18. The van der Waals surface area contributed by atoms with Crippen molar-refractivity contribution >= 4 is 16.1 Å². The van der Waals surface area contributed by atoms with Crippen LogP contribution < -0.4 is 0 Å². The van der Waals surface area contributed by atoms with Crippen molar-refractivity contribution < 1.29 is 13.3 Å². The van der Waals surface area contributed by atoms with Gasteiger partial charge in [-0.05, 0) is 17.7 Å². The third-order valence-electron chi connectivity index (χ3n) is 2.62. The maximum Gasteiger partial charge on any atom is 0.183 e. The molecule has 0 atom stereocenters. The Bertz CT molecular complexity index is 652. The van der Waals surface area contributed by atoms with E-state index in [0.29, 0.717) is 6.61 Å². The average molecular weight is 289 g/mol. The molecule has 2 aromatic rings. The van der Waals surface area contributed by atoms with E-state index in [1.165, 1.54) is 6.21 Å². The van der Waals surface area contributed by atoms with Gasteiger partial charge in [-0.1, -0.05) is 53.7 Å². The summed E-state index contributed by atoms with van der Waals surface area (Å²) < 4.78 is 23.8. The highest BCUT2D eigenvalue weighted by Gasteiger charge is 2.11. The molecule has 0 unspecified atom stereocenters. The summed E-state index contributed by atoms with van der Waals surface area (Å²) in [6, 6.07) is 17.8. The average Bonchev–Trinajstić information content (AvgIpc) is 2.49. The molecule has 4 nitrogen and oxygen atoms in total. The van der Waals surface area contributed by atoms with Gasteiger partial charge in [-0.3, -0.25) is 0 Å². The minimum Gasteiger partial charge on any atom is -0.391 e.